The zero-order chi connectivity index (χ0) is 21.8. The molecule has 1 N–H and O–H groups in total. The zero-order valence-corrected chi connectivity index (χ0v) is 17.6. The molecule has 0 radical (unpaired) electrons. The Morgan fingerprint density at radius 2 is 1.77 bits per heavy atom. The van der Waals surface area contributed by atoms with E-state index in [4.69, 9.17) is 14.2 Å². The number of aromatic nitrogens is 2. The minimum atomic E-state index is -0.663. The van der Waals surface area contributed by atoms with Crippen molar-refractivity contribution in [3.05, 3.63) is 65.0 Å². The molecule has 0 amide bonds. The molecule has 0 bridgehead atoms. The molecule has 0 unspecified atom stereocenters. The Morgan fingerprint density at radius 1 is 1.03 bits per heavy atom. The Bertz CT molecular complexity index is 1040. The lowest BCUT2D eigenvalue weighted by Crippen LogP contribution is -2.19. The molecule has 0 aliphatic carbocycles. The first kappa shape index (κ1) is 21.6. The van der Waals surface area contributed by atoms with Crippen molar-refractivity contribution in [3.8, 4) is 22.9 Å². The SMILES string of the molecule is COc1ccc(CN[C@H](C)c2cnn(-c3ccc(F)cc3F)c2C)c(OC)c1OC. The van der Waals surface area contributed by atoms with Crippen LogP contribution in [0.4, 0.5) is 8.78 Å². The predicted octanol–water partition coefficient (Wildman–Crippen LogP) is 4.34. The second-order valence-corrected chi connectivity index (χ2v) is 6.79. The molecule has 1 atom stereocenters. The van der Waals surface area contributed by atoms with Gasteiger partial charge in [-0.2, -0.15) is 5.10 Å². The number of halogens is 2. The van der Waals surface area contributed by atoms with Crippen LogP contribution in [0.3, 0.4) is 0 Å². The molecular formula is C22H25F2N3O3. The van der Waals surface area contributed by atoms with Gasteiger partial charge in [-0.1, -0.05) is 6.07 Å². The van der Waals surface area contributed by atoms with Gasteiger partial charge >= 0.3 is 0 Å². The second kappa shape index (κ2) is 9.13. The summed E-state index contributed by atoms with van der Waals surface area (Å²) in [4.78, 5) is 0. The highest BCUT2D eigenvalue weighted by molar-refractivity contribution is 5.55. The molecule has 3 aromatic rings. The van der Waals surface area contributed by atoms with E-state index in [0.717, 1.165) is 22.9 Å². The first-order chi connectivity index (χ1) is 14.4. The quantitative estimate of drug-likeness (QED) is 0.591. The topological polar surface area (TPSA) is 57.5 Å². The van der Waals surface area contributed by atoms with Crippen molar-refractivity contribution in [2.24, 2.45) is 0 Å². The average molecular weight is 417 g/mol. The van der Waals surface area contributed by atoms with Gasteiger partial charge in [0.05, 0.1) is 27.5 Å². The molecule has 160 valence electrons. The number of methoxy groups -OCH3 is 3. The third-order valence-corrected chi connectivity index (χ3v) is 5.04. The van der Waals surface area contributed by atoms with Crippen LogP contribution in [0.15, 0.2) is 36.5 Å². The highest BCUT2D eigenvalue weighted by Crippen LogP contribution is 2.39. The summed E-state index contributed by atoms with van der Waals surface area (Å²) in [6.45, 7) is 4.34. The first-order valence-electron chi connectivity index (χ1n) is 9.42. The van der Waals surface area contributed by atoms with Crippen molar-refractivity contribution in [2.45, 2.75) is 26.4 Å². The zero-order valence-electron chi connectivity index (χ0n) is 17.6. The molecule has 1 aromatic heterocycles. The fourth-order valence-corrected chi connectivity index (χ4v) is 3.42. The van der Waals surface area contributed by atoms with Crippen molar-refractivity contribution in [1.82, 2.24) is 15.1 Å². The van der Waals surface area contributed by atoms with Gasteiger partial charge in [0.15, 0.2) is 17.3 Å². The lowest BCUT2D eigenvalue weighted by molar-refractivity contribution is 0.321. The smallest absolute Gasteiger partial charge is 0.203 e. The fraction of sp³-hybridized carbons (Fsp3) is 0.318. The largest absolute Gasteiger partial charge is 0.493 e. The van der Waals surface area contributed by atoms with E-state index in [1.807, 2.05) is 26.0 Å². The van der Waals surface area contributed by atoms with Gasteiger partial charge in [-0.25, -0.2) is 13.5 Å². The maximum absolute atomic E-state index is 14.2. The third-order valence-electron chi connectivity index (χ3n) is 5.04. The highest BCUT2D eigenvalue weighted by atomic mass is 19.1. The van der Waals surface area contributed by atoms with Crippen molar-refractivity contribution in [3.63, 3.8) is 0 Å². The molecule has 0 aliphatic rings. The standard InChI is InChI=1S/C22H25F2N3O3/c1-13(25-11-15-6-9-20(28-3)22(30-5)21(15)29-4)17-12-26-27(14(17)2)19-8-7-16(23)10-18(19)24/h6-10,12-13,25H,11H2,1-5H3/t13-/m1/s1. The summed E-state index contributed by atoms with van der Waals surface area (Å²) in [5.74, 6) is 0.424. The molecule has 0 fully saturated rings. The summed E-state index contributed by atoms with van der Waals surface area (Å²) in [5, 5.41) is 7.71. The molecule has 2 aromatic carbocycles. The van der Waals surface area contributed by atoms with Crippen molar-refractivity contribution in [2.75, 3.05) is 21.3 Å². The normalized spacial score (nSPS) is 12.0. The van der Waals surface area contributed by atoms with E-state index < -0.39 is 11.6 Å². The summed E-state index contributed by atoms with van der Waals surface area (Å²) in [6.07, 6.45) is 1.68. The fourth-order valence-electron chi connectivity index (χ4n) is 3.42. The monoisotopic (exact) mass is 417 g/mol. The van der Waals surface area contributed by atoms with Crippen LogP contribution in [0.1, 0.15) is 29.8 Å². The van der Waals surface area contributed by atoms with E-state index in [-0.39, 0.29) is 11.7 Å². The van der Waals surface area contributed by atoms with Crippen LogP contribution in [0, 0.1) is 18.6 Å². The van der Waals surface area contributed by atoms with Crippen LogP contribution in [-0.4, -0.2) is 31.1 Å². The number of ether oxygens (including phenoxy) is 3. The maximum Gasteiger partial charge on any atom is 0.203 e. The lowest BCUT2D eigenvalue weighted by atomic mass is 10.1. The van der Waals surface area contributed by atoms with E-state index >= 15 is 0 Å². The van der Waals surface area contributed by atoms with Crippen LogP contribution >= 0.6 is 0 Å². The first-order valence-corrected chi connectivity index (χ1v) is 9.42. The van der Waals surface area contributed by atoms with Crippen LogP contribution in [0.25, 0.3) is 5.69 Å². The molecule has 6 nitrogen and oxygen atoms in total. The van der Waals surface area contributed by atoms with Crippen LogP contribution < -0.4 is 19.5 Å². The van der Waals surface area contributed by atoms with E-state index in [0.29, 0.717) is 23.8 Å². The predicted molar refractivity (Wildman–Crippen MR) is 110 cm³/mol. The summed E-state index contributed by atoms with van der Waals surface area (Å²) >= 11 is 0. The van der Waals surface area contributed by atoms with Gasteiger partial charge in [-0.15, -0.1) is 0 Å². The Labute approximate surface area is 174 Å². The Hall–Kier alpha value is -3.13. The number of hydrogen-bond donors (Lipinski definition) is 1. The van der Waals surface area contributed by atoms with Gasteiger partial charge in [0.25, 0.3) is 0 Å². The number of nitrogens with one attached hydrogen (secondary N) is 1. The Morgan fingerprint density at radius 3 is 2.40 bits per heavy atom. The minimum Gasteiger partial charge on any atom is -0.493 e. The van der Waals surface area contributed by atoms with Gasteiger partial charge in [0.1, 0.15) is 11.5 Å². The third kappa shape index (κ3) is 4.09. The molecule has 1 heterocycles. The van der Waals surface area contributed by atoms with Crippen molar-refractivity contribution in [1.29, 1.82) is 0 Å². The molecule has 30 heavy (non-hydrogen) atoms. The second-order valence-electron chi connectivity index (χ2n) is 6.79. The highest BCUT2D eigenvalue weighted by Gasteiger charge is 2.19. The number of hydrogen-bond acceptors (Lipinski definition) is 5. The van der Waals surface area contributed by atoms with E-state index in [9.17, 15) is 8.78 Å². The average Bonchev–Trinajstić information content (AvgIpc) is 3.12. The van der Waals surface area contributed by atoms with Crippen molar-refractivity contribution < 1.29 is 23.0 Å². The summed E-state index contributed by atoms with van der Waals surface area (Å²) in [7, 11) is 4.71. The summed E-state index contributed by atoms with van der Waals surface area (Å²) < 4.78 is 45.1. The van der Waals surface area contributed by atoms with Crippen LogP contribution in [0.2, 0.25) is 0 Å². The van der Waals surface area contributed by atoms with E-state index in [2.05, 4.69) is 10.4 Å². The van der Waals surface area contributed by atoms with E-state index in [1.54, 1.807) is 27.5 Å². The molecule has 0 saturated heterocycles. The molecular weight excluding hydrogens is 392 g/mol. The summed E-state index contributed by atoms with van der Waals surface area (Å²) in [6, 6.07) is 7.08. The minimum absolute atomic E-state index is 0.0833. The number of nitrogens with zero attached hydrogens (tertiary/aromatic N) is 2. The van der Waals surface area contributed by atoms with Crippen molar-refractivity contribution >= 4 is 0 Å². The van der Waals surface area contributed by atoms with Gasteiger partial charge in [-0.05, 0) is 32.0 Å². The number of rotatable bonds is 8. The number of benzene rings is 2. The Balaban J connectivity index is 1.81. The van der Waals surface area contributed by atoms with Gasteiger partial charge in [0.2, 0.25) is 5.75 Å². The van der Waals surface area contributed by atoms with Gasteiger partial charge < -0.3 is 19.5 Å². The maximum atomic E-state index is 14.2. The molecule has 3 rings (SSSR count). The Kier molecular flexibility index (Phi) is 6.56. The molecule has 0 spiro atoms. The summed E-state index contributed by atoms with van der Waals surface area (Å²) in [5.41, 5.74) is 2.77. The molecule has 0 saturated carbocycles. The van der Waals surface area contributed by atoms with Gasteiger partial charge in [0, 0.05) is 35.5 Å². The lowest BCUT2D eigenvalue weighted by Gasteiger charge is -2.18. The van der Waals surface area contributed by atoms with Gasteiger partial charge in [-0.3, -0.25) is 0 Å². The van der Waals surface area contributed by atoms with Crippen LogP contribution in [0.5, 0.6) is 17.2 Å². The van der Waals surface area contributed by atoms with E-state index in [1.165, 1.54) is 16.8 Å². The van der Waals surface area contributed by atoms with Crippen LogP contribution in [-0.2, 0) is 6.54 Å². The molecule has 0 aliphatic heterocycles. The molecule has 8 heteroatoms.